The predicted octanol–water partition coefficient (Wildman–Crippen LogP) is 1.52. The van der Waals surface area contributed by atoms with Crippen molar-refractivity contribution in [2.45, 2.75) is 13.5 Å². The minimum absolute atomic E-state index is 0.0237. The fraction of sp³-hybridized carbons (Fsp3) is 0.222. The van der Waals surface area contributed by atoms with E-state index in [0.29, 0.717) is 17.2 Å². The predicted molar refractivity (Wildman–Crippen MR) is 103 cm³/mol. The molecule has 9 nitrogen and oxygen atoms in total. The Balaban J connectivity index is 1.65. The van der Waals surface area contributed by atoms with Gasteiger partial charge in [0, 0.05) is 6.20 Å². The number of rotatable bonds is 7. The molecule has 0 unspecified atom stereocenters. The zero-order chi connectivity index (χ0) is 20.1. The summed E-state index contributed by atoms with van der Waals surface area (Å²) in [5.74, 6) is 0.00218. The molecule has 2 heterocycles. The van der Waals surface area contributed by atoms with Gasteiger partial charge in [0.1, 0.15) is 12.2 Å². The van der Waals surface area contributed by atoms with Crippen LogP contribution in [0.5, 0.6) is 0 Å². The molecule has 1 N–H and O–H groups in total. The fourth-order valence-electron chi connectivity index (χ4n) is 2.47. The van der Waals surface area contributed by atoms with Gasteiger partial charge in [0.25, 0.3) is 0 Å². The summed E-state index contributed by atoms with van der Waals surface area (Å²) in [4.78, 5) is 20.6. The highest BCUT2D eigenvalue weighted by Crippen LogP contribution is 2.18. The molecule has 0 atom stereocenters. The minimum atomic E-state index is -3.63. The van der Waals surface area contributed by atoms with E-state index in [4.69, 9.17) is 4.52 Å². The monoisotopic (exact) mass is 401 g/mol. The zero-order valence-electron chi connectivity index (χ0n) is 15.4. The number of anilines is 1. The van der Waals surface area contributed by atoms with Crippen molar-refractivity contribution < 1.29 is 17.7 Å². The smallest absolute Gasteiger partial charge is 0.246 e. The summed E-state index contributed by atoms with van der Waals surface area (Å²) in [6.45, 7) is 1.46. The molecule has 0 saturated carbocycles. The first-order chi connectivity index (χ1) is 13.3. The summed E-state index contributed by atoms with van der Waals surface area (Å²) in [6, 6.07) is 12.2. The lowest BCUT2D eigenvalue weighted by Crippen LogP contribution is -2.40. The molecule has 28 heavy (non-hydrogen) atoms. The maximum Gasteiger partial charge on any atom is 0.246 e. The van der Waals surface area contributed by atoms with Crippen molar-refractivity contribution in [1.29, 1.82) is 0 Å². The molecule has 0 fully saturated rings. The van der Waals surface area contributed by atoms with Crippen LogP contribution in [0.3, 0.4) is 0 Å². The molecule has 0 aliphatic rings. The summed E-state index contributed by atoms with van der Waals surface area (Å²) in [5, 5.41) is 6.40. The standard InChI is InChI=1S/C18H19N5O4S/c1-13-6-5-7-14(10-13)23(28(2,25)26)12-16(24)20-11-17-21-18(22-27-17)15-8-3-4-9-19-15/h3-10H,11-12H2,1-2H3,(H,20,24). The van der Waals surface area contributed by atoms with Crippen LogP contribution in [0.25, 0.3) is 11.5 Å². The van der Waals surface area contributed by atoms with Crippen LogP contribution in [0.15, 0.2) is 53.2 Å². The number of pyridine rings is 1. The number of aryl methyl sites for hydroxylation is 1. The number of carbonyl (C=O) groups is 1. The highest BCUT2D eigenvalue weighted by atomic mass is 32.2. The van der Waals surface area contributed by atoms with E-state index in [2.05, 4.69) is 20.4 Å². The lowest BCUT2D eigenvalue weighted by Gasteiger charge is -2.22. The Labute approximate surface area is 162 Å². The van der Waals surface area contributed by atoms with Crippen LogP contribution < -0.4 is 9.62 Å². The molecule has 10 heteroatoms. The van der Waals surface area contributed by atoms with Crippen LogP contribution in [0, 0.1) is 6.92 Å². The van der Waals surface area contributed by atoms with Crippen molar-refractivity contribution in [3.05, 3.63) is 60.1 Å². The van der Waals surface area contributed by atoms with E-state index in [1.54, 1.807) is 42.6 Å². The van der Waals surface area contributed by atoms with Crippen LogP contribution in [-0.4, -0.2) is 42.3 Å². The lowest BCUT2D eigenvalue weighted by atomic mass is 10.2. The Kier molecular flexibility index (Phi) is 5.69. The van der Waals surface area contributed by atoms with E-state index in [-0.39, 0.29) is 19.0 Å². The number of benzene rings is 1. The minimum Gasteiger partial charge on any atom is -0.345 e. The van der Waals surface area contributed by atoms with Crippen molar-refractivity contribution in [2.75, 3.05) is 17.1 Å². The Bertz CT molecular complexity index is 1070. The first-order valence-corrected chi connectivity index (χ1v) is 10.2. The summed E-state index contributed by atoms with van der Waals surface area (Å²) in [7, 11) is -3.63. The lowest BCUT2D eigenvalue weighted by molar-refractivity contribution is -0.119. The second-order valence-electron chi connectivity index (χ2n) is 6.11. The first kappa shape index (κ1) is 19.5. The van der Waals surface area contributed by atoms with Gasteiger partial charge >= 0.3 is 0 Å². The number of hydrogen-bond acceptors (Lipinski definition) is 7. The zero-order valence-corrected chi connectivity index (χ0v) is 16.2. The number of aromatic nitrogens is 3. The molecule has 0 bridgehead atoms. The number of hydrogen-bond donors (Lipinski definition) is 1. The molecular formula is C18H19N5O4S. The highest BCUT2D eigenvalue weighted by molar-refractivity contribution is 7.92. The molecule has 1 aromatic carbocycles. The van der Waals surface area contributed by atoms with E-state index in [1.165, 1.54) is 0 Å². The van der Waals surface area contributed by atoms with E-state index >= 15 is 0 Å². The summed E-state index contributed by atoms with van der Waals surface area (Å²) >= 11 is 0. The molecule has 2 aromatic heterocycles. The maximum absolute atomic E-state index is 12.3. The average Bonchev–Trinajstić information content (AvgIpc) is 3.13. The number of nitrogens with zero attached hydrogens (tertiary/aromatic N) is 4. The van der Waals surface area contributed by atoms with Gasteiger partial charge < -0.3 is 9.84 Å². The third kappa shape index (κ3) is 4.92. The number of nitrogens with one attached hydrogen (secondary N) is 1. The van der Waals surface area contributed by atoms with Gasteiger partial charge in [-0.1, -0.05) is 23.4 Å². The molecule has 146 valence electrons. The second-order valence-corrected chi connectivity index (χ2v) is 8.02. The Morgan fingerprint density at radius 1 is 1.21 bits per heavy atom. The Hall–Kier alpha value is -3.27. The quantitative estimate of drug-likeness (QED) is 0.637. The van der Waals surface area contributed by atoms with Crippen LogP contribution in [0.2, 0.25) is 0 Å². The van der Waals surface area contributed by atoms with Crippen molar-refractivity contribution in [1.82, 2.24) is 20.4 Å². The third-order valence-electron chi connectivity index (χ3n) is 3.78. The molecular weight excluding hydrogens is 382 g/mol. The van der Waals surface area contributed by atoms with Crippen molar-refractivity contribution in [3.63, 3.8) is 0 Å². The Morgan fingerprint density at radius 2 is 2.04 bits per heavy atom. The molecule has 0 radical (unpaired) electrons. The molecule has 0 aliphatic carbocycles. The topological polar surface area (TPSA) is 118 Å². The molecule has 0 saturated heterocycles. The van der Waals surface area contributed by atoms with Gasteiger partial charge in [-0.15, -0.1) is 0 Å². The van der Waals surface area contributed by atoms with Crippen LogP contribution in [0.1, 0.15) is 11.5 Å². The third-order valence-corrected chi connectivity index (χ3v) is 4.92. The van der Waals surface area contributed by atoms with Gasteiger partial charge in [-0.3, -0.25) is 14.1 Å². The average molecular weight is 401 g/mol. The van der Waals surface area contributed by atoms with E-state index in [1.807, 2.05) is 13.0 Å². The van der Waals surface area contributed by atoms with Crippen LogP contribution >= 0.6 is 0 Å². The van der Waals surface area contributed by atoms with E-state index < -0.39 is 15.9 Å². The Morgan fingerprint density at radius 3 is 2.71 bits per heavy atom. The van der Waals surface area contributed by atoms with Crippen molar-refractivity contribution in [3.8, 4) is 11.5 Å². The van der Waals surface area contributed by atoms with E-state index in [9.17, 15) is 13.2 Å². The SMILES string of the molecule is Cc1cccc(N(CC(=O)NCc2nc(-c3ccccn3)no2)S(C)(=O)=O)c1. The number of carbonyl (C=O) groups excluding carboxylic acids is 1. The van der Waals surface area contributed by atoms with Gasteiger partial charge in [0.15, 0.2) is 0 Å². The van der Waals surface area contributed by atoms with Gasteiger partial charge in [0.05, 0.1) is 18.5 Å². The van der Waals surface area contributed by atoms with Gasteiger partial charge in [0.2, 0.25) is 27.6 Å². The fourth-order valence-corrected chi connectivity index (χ4v) is 3.32. The largest absolute Gasteiger partial charge is 0.345 e. The first-order valence-electron chi connectivity index (χ1n) is 8.38. The van der Waals surface area contributed by atoms with Crippen LogP contribution in [0.4, 0.5) is 5.69 Å². The molecule has 0 spiro atoms. The highest BCUT2D eigenvalue weighted by Gasteiger charge is 2.21. The summed E-state index contributed by atoms with van der Waals surface area (Å²) in [6.07, 6.45) is 2.66. The van der Waals surface area contributed by atoms with Gasteiger partial charge in [-0.05, 0) is 36.8 Å². The van der Waals surface area contributed by atoms with Crippen LogP contribution in [-0.2, 0) is 21.4 Å². The molecule has 3 rings (SSSR count). The molecule has 1 amide bonds. The van der Waals surface area contributed by atoms with Crippen molar-refractivity contribution in [2.24, 2.45) is 0 Å². The molecule has 3 aromatic rings. The second kappa shape index (κ2) is 8.17. The van der Waals surface area contributed by atoms with Gasteiger partial charge in [-0.25, -0.2) is 8.42 Å². The maximum atomic E-state index is 12.3. The van der Waals surface area contributed by atoms with E-state index in [0.717, 1.165) is 16.1 Å². The number of sulfonamides is 1. The summed E-state index contributed by atoms with van der Waals surface area (Å²) < 4.78 is 30.4. The number of amides is 1. The summed E-state index contributed by atoms with van der Waals surface area (Å²) in [5.41, 5.74) is 1.86. The molecule has 0 aliphatic heterocycles. The van der Waals surface area contributed by atoms with Gasteiger partial charge in [-0.2, -0.15) is 4.98 Å². The van der Waals surface area contributed by atoms with Crippen molar-refractivity contribution >= 4 is 21.6 Å². The normalized spacial score (nSPS) is 11.2.